The fourth-order valence-corrected chi connectivity index (χ4v) is 2.23. The molecular formula is C14H16BrF2N3. The van der Waals surface area contributed by atoms with Crippen LogP contribution in [0.2, 0.25) is 0 Å². The van der Waals surface area contributed by atoms with Crippen LogP contribution >= 0.6 is 15.9 Å². The van der Waals surface area contributed by atoms with Gasteiger partial charge in [0, 0.05) is 18.3 Å². The van der Waals surface area contributed by atoms with E-state index in [1.54, 1.807) is 6.20 Å². The molecule has 1 heterocycles. The Labute approximate surface area is 125 Å². The molecular weight excluding hydrogens is 328 g/mol. The Morgan fingerprint density at radius 2 is 2.10 bits per heavy atom. The smallest absolute Gasteiger partial charge is 0.145 e. The number of hydrogen-bond donors (Lipinski definition) is 1. The Morgan fingerprint density at radius 3 is 2.85 bits per heavy atom. The third-order valence-electron chi connectivity index (χ3n) is 2.89. The van der Waals surface area contributed by atoms with Gasteiger partial charge in [0.05, 0.1) is 16.7 Å². The fourth-order valence-electron chi connectivity index (χ4n) is 1.86. The highest BCUT2D eigenvalue weighted by Gasteiger charge is 2.13. The highest BCUT2D eigenvalue weighted by molar-refractivity contribution is 9.10. The summed E-state index contributed by atoms with van der Waals surface area (Å²) in [6.07, 6.45) is 2.78. The summed E-state index contributed by atoms with van der Waals surface area (Å²) in [5, 5.41) is 7.52. The average molecular weight is 344 g/mol. The molecule has 0 saturated heterocycles. The molecule has 0 unspecified atom stereocenters. The molecule has 0 bridgehead atoms. The number of hydrogen-bond acceptors (Lipinski definition) is 2. The van der Waals surface area contributed by atoms with Crippen LogP contribution in [0.15, 0.2) is 28.9 Å². The van der Waals surface area contributed by atoms with Gasteiger partial charge in [-0.3, -0.25) is 4.68 Å². The van der Waals surface area contributed by atoms with Crippen LogP contribution in [0.1, 0.15) is 24.6 Å². The molecule has 3 nitrogen and oxygen atoms in total. The highest BCUT2D eigenvalue weighted by atomic mass is 79.9. The SMILES string of the molecule is CCCNCc1ccn(Cc2c(F)ccc(Br)c2F)n1. The van der Waals surface area contributed by atoms with Crippen LogP contribution in [0.3, 0.4) is 0 Å². The van der Waals surface area contributed by atoms with Crippen molar-refractivity contribution in [3.05, 3.63) is 51.8 Å². The molecule has 1 aromatic heterocycles. The van der Waals surface area contributed by atoms with E-state index in [2.05, 4.69) is 33.3 Å². The molecule has 0 aliphatic heterocycles. The lowest BCUT2D eigenvalue weighted by atomic mass is 10.2. The first kappa shape index (κ1) is 15.1. The van der Waals surface area contributed by atoms with Crippen molar-refractivity contribution in [2.75, 3.05) is 6.54 Å². The number of halogens is 3. The molecule has 0 aliphatic rings. The van der Waals surface area contributed by atoms with Gasteiger partial charge in [-0.2, -0.15) is 5.10 Å². The van der Waals surface area contributed by atoms with Gasteiger partial charge in [0.15, 0.2) is 0 Å². The summed E-state index contributed by atoms with van der Waals surface area (Å²) in [5.74, 6) is -1.14. The van der Waals surface area contributed by atoms with E-state index in [-0.39, 0.29) is 16.6 Å². The van der Waals surface area contributed by atoms with Gasteiger partial charge in [0.1, 0.15) is 11.6 Å². The predicted octanol–water partition coefficient (Wildman–Crippen LogP) is 3.47. The van der Waals surface area contributed by atoms with Crippen LogP contribution in [0.5, 0.6) is 0 Å². The first-order valence-corrected chi connectivity index (χ1v) is 7.26. The van der Waals surface area contributed by atoms with Crippen LogP contribution in [0.4, 0.5) is 8.78 Å². The Balaban J connectivity index is 2.09. The molecule has 108 valence electrons. The molecule has 0 atom stereocenters. The number of aromatic nitrogens is 2. The standard InChI is InChI=1S/C14H16BrF2N3/c1-2-6-18-8-10-5-7-20(19-10)9-11-13(16)4-3-12(15)14(11)17/h3-5,7,18H,2,6,8-9H2,1H3. The van der Waals surface area contributed by atoms with Crippen LogP contribution in [0.25, 0.3) is 0 Å². The average Bonchev–Trinajstić information content (AvgIpc) is 2.87. The molecule has 0 aliphatic carbocycles. The second-order valence-electron chi connectivity index (χ2n) is 4.50. The molecule has 0 saturated carbocycles. The zero-order valence-electron chi connectivity index (χ0n) is 11.2. The number of rotatable bonds is 6. The molecule has 0 spiro atoms. The van der Waals surface area contributed by atoms with Crippen molar-refractivity contribution in [3.8, 4) is 0 Å². The van der Waals surface area contributed by atoms with Crippen LogP contribution in [-0.4, -0.2) is 16.3 Å². The van der Waals surface area contributed by atoms with E-state index in [0.29, 0.717) is 6.54 Å². The maximum absolute atomic E-state index is 13.9. The molecule has 20 heavy (non-hydrogen) atoms. The lowest BCUT2D eigenvalue weighted by molar-refractivity contribution is 0.526. The molecule has 2 aromatic rings. The monoisotopic (exact) mass is 343 g/mol. The van der Waals surface area contributed by atoms with E-state index in [0.717, 1.165) is 18.7 Å². The minimum Gasteiger partial charge on any atom is -0.311 e. The van der Waals surface area contributed by atoms with Crippen LogP contribution in [-0.2, 0) is 13.1 Å². The Kier molecular flexibility index (Phi) is 5.25. The van der Waals surface area contributed by atoms with Crippen molar-refractivity contribution in [3.63, 3.8) is 0 Å². The maximum Gasteiger partial charge on any atom is 0.145 e. The van der Waals surface area contributed by atoms with E-state index in [1.807, 2.05) is 6.07 Å². The Morgan fingerprint density at radius 1 is 1.30 bits per heavy atom. The summed E-state index contributed by atoms with van der Waals surface area (Å²) in [5.41, 5.74) is 0.866. The van der Waals surface area contributed by atoms with Crippen molar-refractivity contribution in [2.24, 2.45) is 0 Å². The molecule has 2 rings (SSSR count). The van der Waals surface area contributed by atoms with E-state index in [1.165, 1.54) is 16.8 Å². The van der Waals surface area contributed by atoms with Gasteiger partial charge >= 0.3 is 0 Å². The van der Waals surface area contributed by atoms with Crippen molar-refractivity contribution in [2.45, 2.75) is 26.4 Å². The minimum absolute atomic E-state index is 0.00976. The number of nitrogens with one attached hydrogen (secondary N) is 1. The van der Waals surface area contributed by atoms with Gasteiger partial charge < -0.3 is 5.32 Å². The lowest BCUT2D eigenvalue weighted by Gasteiger charge is -2.07. The molecule has 0 radical (unpaired) electrons. The second-order valence-corrected chi connectivity index (χ2v) is 5.36. The third-order valence-corrected chi connectivity index (χ3v) is 3.50. The number of benzene rings is 1. The summed E-state index contributed by atoms with van der Waals surface area (Å²) in [4.78, 5) is 0. The summed E-state index contributed by atoms with van der Waals surface area (Å²) >= 11 is 3.06. The molecule has 6 heteroatoms. The Bertz CT molecular complexity index is 584. The predicted molar refractivity (Wildman–Crippen MR) is 77.4 cm³/mol. The van der Waals surface area contributed by atoms with Crippen LogP contribution in [0, 0.1) is 11.6 Å². The molecule has 0 fully saturated rings. The van der Waals surface area contributed by atoms with Crippen molar-refractivity contribution < 1.29 is 8.78 Å². The third kappa shape index (κ3) is 3.64. The first-order chi connectivity index (χ1) is 9.61. The summed E-state index contributed by atoms with van der Waals surface area (Å²) < 4.78 is 29.3. The van der Waals surface area contributed by atoms with E-state index < -0.39 is 11.6 Å². The summed E-state index contributed by atoms with van der Waals surface area (Å²) in [6.45, 7) is 3.74. The van der Waals surface area contributed by atoms with Gasteiger partial charge in [0.2, 0.25) is 0 Å². The molecule has 0 amide bonds. The zero-order chi connectivity index (χ0) is 14.5. The summed E-state index contributed by atoms with van der Waals surface area (Å²) in [7, 11) is 0. The van der Waals surface area contributed by atoms with E-state index >= 15 is 0 Å². The topological polar surface area (TPSA) is 29.9 Å². The van der Waals surface area contributed by atoms with Gasteiger partial charge in [-0.05, 0) is 47.1 Å². The molecule has 1 aromatic carbocycles. The van der Waals surface area contributed by atoms with Crippen LogP contribution < -0.4 is 5.32 Å². The van der Waals surface area contributed by atoms with E-state index in [9.17, 15) is 8.78 Å². The van der Waals surface area contributed by atoms with Gasteiger partial charge in [0.25, 0.3) is 0 Å². The van der Waals surface area contributed by atoms with Gasteiger partial charge in [-0.1, -0.05) is 6.92 Å². The first-order valence-electron chi connectivity index (χ1n) is 6.47. The van der Waals surface area contributed by atoms with Crippen molar-refractivity contribution in [1.29, 1.82) is 0 Å². The normalized spacial score (nSPS) is 11.0. The molecule has 1 N–H and O–H groups in total. The largest absolute Gasteiger partial charge is 0.311 e. The van der Waals surface area contributed by atoms with Gasteiger partial charge in [-0.15, -0.1) is 0 Å². The quantitative estimate of drug-likeness (QED) is 0.642. The van der Waals surface area contributed by atoms with Crippen molar-refractivity contribution >= 4 is 15.9 Å². The second kappa shape index (κ2) is 6.95. The fraction of sp³-hybridized carbons (Fsp3) is 0.357. The Hall–Kier alpha value is -1.27. The lowest BCUT2D eigenvalue weighted by Crippen LogP contribution is -2.14. The highest BCUT2D eigenvalue weighted by Crippen LogP contribution is 2.22. The van der Waals surface area contributed by atoms with Gasteiger partial charge in [-0.25, -0.2) is 8.78 Å². The zero-order valence-corrected chi connectivity index (χ0v) is 12.8. The maximum atomic E-state index is 13.9. The summed E-state index contributed by atoms with van der Waals surface area (Å²) in [6, 6.07) is 4.45. The van der Waals surface area contributed by atoms with Crippen molar-refractivity contribution in [1.82, 2.24) is 15.1 Å². The number of nitrogens with zero attached hydrogens (tertiary/aromatic N) is 2. The van der Waals surface area contributed by atoms with E-state index in [4.69, 9.17) is 0 Å². The minimum atomic E-state index is -0.578.